The lowest BCUT2D eigenvalue weighted by Crippen LogP contribution is -1.94. The first-order valence-corrected chi connectivity index (χ1v) is 6.82. The lowest BCUT2D eigenvalue weighted by atomic mass is 9.99. The molecular formula is C16H6F2N4O. The van der Waals surface area contributed by atoms with Gasteiger partial charge in [0.2, 0.25) is 11.3 Å². The first-order valence-electron chi connectivity index (χ1n) is 6.82. The van der Waals surface area contributed by atoms with Crippen LogP contribution >= 0.6 is 0 Å². The molecule has 0 aliphatic heterocycles. The fraction of sp³-hybridized carbons (Fsp3) is 0. The summed E-state index contributed by atoms with van der Waals surface area (Å²) in [5.74, 6) is -1.34. The van der Waals surface area contributed by atoms with Crippen molar-refractivity contribution in [2.45, 2.75) is 0 Å². The average molecular weight is 308 g/mol. The van der Waals surface area contributed by atoms with E-state index >= 15 is 0 Å². The van der Waals surface area contributed by atoms with E-state index < -0.39 is 11.6 Å². The Kier molecular flexibility index (Phi) is 2.23. The van der Waals surface area contributed by atoms with Crippen molar-refractivity contribution in [3.8, 4) is 0 Å². The molecule has 0 radical (unpaired) electrons. The molecular weight excluding hydrogens is 302 g/mol. The van der Waals surface area contributed by atoms with E-state index in [1.807, 2.05) is 12.1 Å². The van der Waals surface area contributed by atoms with Crippen molar-refractivity contribution in [2.75, 3.05) is 0 Å². The van der Waals surface area contributed by atoms with Gasteiger partial charge in [-0.1, -0.05) is 24.3 Å². The summed E-state index contributed by atoms with van der Waals surface area (Å²) in [5.41, 5.74) is 1.20. The molecule has 0 N–H and O–H groups in total. The predicted octanol–water partition coefficient (Wildman–Crippen LogP) is 3.75. The molecule has 2 aromatic heterocycles. The third-order valence-corrected chi connectivity index (χ3v) is 3.88. The summed E-state index contributed by atoms with van der Waals surface area (Å²) < 4.78 is 32.8. The highest BCUT2D eigenvalue weighted by Gasteiger charge is 2.17. The second kappa shape index (κ2) is 4.16. The Labute approximate surface area is 126 Å². The van der Waals surface area contributed by atoms with Crippen molar-refractivity contribution in [1.29, 1.82) is 0 Å². The maximum Gasteiger partial charge on any atom is 0.243 e. The second-order valence-corrected chi connectivity index (χ2v) is 5.19. The van der Waals surface area contributed by atoms with Crippen molar-refractivity contribution in [2.24, 2.45) is 0 Å². The predicted molar refractivity (Wildman–Crippen MR) is 79.8 cm³/mol. The summed E-state index contributed by atoms with van der Waals surface area (Å²) in [6.07, 6.45) is 0. The minimum Gasteiger partial charge on any atom is -0.240 e. The molecule has 3 aromatic carbocycles. The second-order valence-electron chi connectivity index (χ2n) is 5.19. The molecule has 0 bridgehead atoms. The number of rotatable bonds is 0. The molecule has 0 saturated carbocycles. The van der Waals surface area contributed by atoms with Gasteiger partial charge in [-0.05, 0) is 27.2 Å². The minimum atomic E-state index is -0.694. The van der Waals surface area contributed by atoms with Crippen molar-refractivity contribution in [3.63, 3.8) is 0 Å². The summed E-state index contributed by atoms with van der Waals surface area (Å²) >= 11 is 0. The molecule has 0 saturated heterocycles. The molecule has 5 rings (SSSR count). The van der Waals surface area contributed by atoms with Gasteiger partial charge in [-0.2, -0.15) is 0 Å². The van der Waals surface area contributed by atoms with Crippen molar-refractivity contribution in [3.05, 3.63) is 48.0 Å². The Hall–Kier alpha value is -3.22. The fourth-order valence-electron chi connectivity index (χ4n) is 2.95. The zero-order chi connectivity index (χ0) is 15.6. The van der Waals surface area contributed by atoms with Crippen LogP contribution in [0.25, 0.3) is 43.9 Å². The number of hydrogen-bond donors (Lipinski definition) is 0. The Morgan fingerprint density at radius 3 is 2.26 bits per heavy atom. The van der Waals surface area contributed by atoms with Gasteiger partial charge in [0, 0.05) is 16.8 Å². The highest BCUT2D eigenvalue weighted by molar-refractivity contribution is 6.23. The lowest BCUT2D eigenvalue weighted by molar-refractivity contribution is 0.314. The SMILES string of the molecule is Fc1cc(F)c2c(c1)c1ccccc1c1nc3nonc3nc12. The van der Waals surface area contributed by atoms with Crippen LogP contribution in [0.3, 0.4) is 0 Å². The van der Waals surface area contributed by atoms with Gasteiger partial charge in [0.1, 0.15) is 22.7 Å². The van der Waals surface area contributed by atoms with Gasteiger partial charge in [0.15, 0.2) is 0 Å². The zero-order valence-corrected chi connectivity index (χ0v) is 11.4. The van der Waals surface area contributed by atoms with Gasteiger partial charge in [-0.25, -0.2) is 23.4 Å². The van der Waals surface area contributed by atoms with E-state index in [2.05, 4.69) is 24.9 Å². The van der Waals surface area contributed by atoms with Crippen molar-refractivity contribution in [1.82, 2.24) is 20.3 Å². The summed E-state index contributed by atoms with van der Waals surface area (Å²) in [6, 6.07) is 9.39. The molecule has 0 spiro atoms. The molecule has 2 heterocycles. The molecule has 7 heteroatoms. The lowest BCUT2D eigenvalue weighted by Gasteiger charge is -2.09. The number of benzene rings is 3. The number of nitrogens with zero attached hydrogens (tertiary/aromatic N) is 4. The Balaban J connectivity index is 2.20. The topological polar surface area (TPSA) is 64.7 Å². The van der Waals surface area contributed by atoms with Crippen LogP contribution in [0.5, 0.6) is 0 Å². The standard InChI is InChI=1S/C16H6F2N4O/c17-7-5-10-8-3-1-2-4-9(8)13-14(12(10)11(18)6-7)20-16-15(19-13)21-23-22-16/h1-6H. The van der Waals surface area contributed by atoms with E-state index in [1.54, 1.807) is 12.1 Å². The van der Waals surface area contributed by atoms with E-state index in [4.69, 9.17) is 0 Å². The van der Waals surface area contributed by atoms with Crippen LogP contribution in [0, 0.1) is 11.6 Å². The first-order chi connectivity index (χ1) is 11.2. The van der Waals surface area contributed by atoms with E-state index in [9.17, 15) is 8.78 Å². The van der Waals surface area contributed by atoms with Crippen molar-refractivity contribution >= 4 is 43.9 Å². The van der Waals surface area contributed by atoms with Crippen LogP contribution in [0.4, 0.5) is 8.78 Å². The molecule has 23 heavy (non-hydrogen) atoms. The Morgan fingerprint density at radius 2 is 1.48 bits per heavy atom. The number of fused-ring (bicyclic) bond motifs is 7. The van der Waals surface area contributed by atoms with Gasteiger partial charge < -0.3 is 0 Å². The first kappa shape index (κ1) is 12.3. The Morgan fingerprint density at radius 1 is 0.783 bits per heavy atom. The van der Waals surface area contributed by atoms with Crippen LogP contribution < -0.4 is 0 Å². The molecule has 0 atom stereocenters. The van der Waals surface area contributed by atoms with Crippen LogP contribution in [0.15, 0.2) is 41.0 Å². The molecule has 5 aromatic rings. The van der Waals surface area contributed by atoms with Crippen LogP contribution in [0.2, 0.25) is 0 Å². The van der Waals surface area contributed by atoms with Gasteiger partial charge in [-0.15, -0.1) is 0 Å². The normalized spacial score (nSPS) is 11.9. The maximum atomic E-state index is 14.5. The van der Waals surface area contributed by atoms with Crippen LogP contribution in [0.1, 0.15) is 0 Å². The molecule has 0 unspecified atom stereocenters. The van der Waals surface area contributed by atoms with E-state index in [-0.39, 0.29) is 16.7 Å². The zero-order valence-electron chi connectivity index (χ0n) is 11.4. The number of hydrogen-bond acceptors (Lipinski definition) is 5. The summed E-state index contributed by atoms with van der Waals surface area (Å²) in [6.45, 7) is 0. The largest absolute Gasteiger partial charge is 0.243 e. The van der Waals surface area contributed by atoms with E-state index in [1.165, 1.54) is 6.07 Å². The summed E-state index contributed by atoms with van der Waals surface area (Å²) in [7, 11) is 0. The summed E-state index contributed by atoms with van der Waals surface area (Å²) in [5, 5.41) is 9.40. The third-order valence-electron chi connectivity index (χ3n) is 3.88. The summed E-state index contributed by atoms with van der Waals surface area (Å²) in [4.78, 5) is 8.70. The minimum absolute atomic E-state index is 0.179. The van der Waals surface area contributed by atoms with Crippen LogP contribution in [-0.2, 0) is 0 Å². The number of aromatic nitrogens is 4. The van der Waals surface area contributed by atoms with Gasteiger partial charge in [-0.3, -0.25) is 0 Å². The van der Waals surface area contributed by atoms with Crippen LogP contribution in [-0.4, -0.2) is 20.3 Å². The van der Waals surface area contributed by atoms with Crippen molar-refractivity contribution < 1.29 is 13.4 Å². The van der Waals surface area contributed by atoms with Gasteiger partial charge >= 0.3 is 0 Å². The number of halogens is 2. The molecule has 110 valence electrons. The quantitative estimate of drug-likeness (QED) is 0.408. The molecule has 0 aliphatic rings. The fourth-order valence-corrected chi connectivity index (χ4v) is 2.95. The van der Waals surface area contributed by atoms with E-state index in [0.717, 1.165) is 11.5 Å². The molecule has 0 fully saturated rings. The molecule has 5 nitrogen and oxygen atoms in total. The smallest absolute Gasteiger partial charge is 0.240 e. The highest BCUT2D eigenvalue weighted by Crippen LogP contribution is 2.35. The van der Waals surface area contributed by atoms with Gasteiger partial charge in [0.05, 0.1) is 0 Å². The molecule has 0 amide bonds. The third kappa shape index (κ3) is 1.58. The molecule has 0 aliphatic carbocycles. The maximum absolute atomic E-state index is 14.5. The Bertz CT molecular complexity index is 1250. The van der Waals surface area contributed by atoms with Gasteiger partial charge in [0.25, 0.3) is 0 Å². The monoisotopic (exact) mass is 308 g/mol. The average Bonchev–Trinajstić information content (AvgIpc) is 3.00. The van der Waals surface area contributed by atoms with E-state index in [0.29, 0.717) is 21.8 Å². The highest BCUT2D eigenvalue weighted by atomic mass is 19.1.